The lowest BCUT2D eigenvalue weighted by Crippen LogP contribution is -2.26. The van der Waals surface area contributed by atoms with Crippen LogP contribution in [0.2, 0.25) is 5.02 Å². The van der Waals surface area contributed by atoms with Crippen LogP contribution in [0.15, 0.2) is 18.2 Å². The van der Waals surface area contributed by atoms with Crippen LogP contribution in [-0.4, -0.2) is 12.6 Å². The van der Waals surface area contributed by atoms with Gasteiger partial charge < -0.3 is 10.5 Å². The second-order valence-corrected chi connectivity index (χ2v) is 4.64. The van der Waals surface area contributed by atoms with Crippen molar-refractivity contribution in [2.45, 2.75) is 24.3 Å². The molecule has 2 aliphatic rings. The van der Waals surface area contributed by atoms with Crippen molar-refractivity contribution in [3.05, 3.63) is 28.8 Å². The molecule has 1 fully saturated rings. The SMILES string of the molecule is N[C@@H]1C[C@]12CCOc1ccc(Cl)cc12. The minimum atomic E-state index is 0.179. The molecule has 1 aromatic rings. The molecule has 3 rings (SSSR count). The quantitative estimate of drug-likeness (QED) is 0.710. The average Bonchev–Trinajstić information content (AvgIpc) is 2.80. The number of halogens is 1. The molecule has 14 heavy (non-hydrogen) atoms. The molecule has 1 aromatic carbocycles. The van der Waals surface area contributed by atoms with Crippen molar-refractivity contribution in [2.24, 2.45) is 5.73 Å². The molecule has 1 saturated carbocycles. The highest BCUT2D eigenvalue weighted by atomic mass is 35.5. The first kappa shape index (κ1) is 8.57. The molecule has 0 aromatic heterocycles. The predicted molar refractivity (Wildman–Crippen MR) is 55.8 cm³/mol. The van der Waals surface area contributed by atoms with E-state index in [2.05, 4.69) is 0 Å². The first-order chi connectivity index (χ1) is 6.72. The van der Waals surface area contributed by atoms with Crippen molar-refractivity contribution < 1.29 is 4.74 Å². The van der Waals surface area contributed by atoms with E-state index in [-0.39, 0.29) is 5.41 Å². The smallest absolute Gasteiger partial charge is 0.123 e. The molecule has 0 radical (unpaired) electrons. The molecule has 1 aliphatic heterocycles. The molecule has 2 N–H and O–H groups in total. The van der Waals surface area contributed by atoms with E-state index in [9.17, 15) is 0 Å². The van der Waals surface area contributed by atoms with Gasteiger partial charge in [-0.15, -0.1) is 0 Å². The van der Waals surface area contributed by atoms with Crippen LogP contribution in [0.1, 0.15) is 18.4 Å². The van der Waals surface area contributed by atoms with E-state index in [0.29, 0.717) is 6.04 Å². The fourth-order valence-corrected chi connectivity index (χ4v) is 2.60. The standard InChI is InChI=1S/C11H12ClNO/c12-7-1-2-9-8(5-7)11(3-4-14-9)6-10(11)13/h1-2,5,10H,3-4,6,13H2/t10-,11+/m1/s1. The molecule has 0 saturated heterocycles. The maximum atomic E-state index is 6.00. The molecule has 0 bridgehead atoms. The molecular formula is C11H12ClNO. The van der Waals surface area contributed by atoms with Crippen molar-refractivity contribution >= 4 is 11.6 Å². The molecule has 1 aliphatic carbocycles. The fourth-order valence-electron chi connectivity index (χ4n) is 2.43. The Bertz CT molecular complexity index is 393. The first-order valence-electron chi connectivity index (χ1n) is 4.91. The molecule has 0 amide bonds. The van der Waals surface area contributed by atoms with Crippen LogP contribution < -0.4 is 10.5 Å². The lowest BCUT2D eigenvalue weighted by molar-refractivity contribution is 0.258. The van der Waals surface area contributed by atoms with Gasteiger partial charge in [0.1, 0.15) is 5.75 Å². The van der Waals surface area contributed by atoms with Gasteiger partial charge in [0.05, 0.1) is 6.61 Å². The minimum absolute atomic E-state index is 0.179. The topological polar surface area (TPSA) is 35.2 Å². The zero-order valence-corrected chi connectivity index (χ0v) is 8.55. The van der Waals surface area contributed by atoms with Gasteiger partial charge in [0, 0.05) is 22.0 Å². The number of ether oxygens (including phenoxy) is 1. The normalized spacial score (nSPS) is 33.7. The summed E-state index contributed by atoms with van der Waals surface area (Å²) in [4.78, 5) is 0. The summed E-state index contributed by atoms with van der Waals surface area (Å²) in [7, 11) is 0. The number of hydrogen-bond acceptors (Lipinski definition) is 2. The highest BCUT2D eigenvalue weighted by molar-refractivity contribution is 6.30. The van der Waals surface area contributed by atoms with Gasteiger partial charge >= 0.3 is 0 Å². The molecule has 2 atom stereocenters. The van der Waals surface area contributed by atoms with Gasteiger partial charge in [-0.3, -0.25) is 0 Å². The van der Waals surface area contributed by atoms with Gasteiger partial charge in [-0.2, -0.15) is 0 Å². The summed E-state index contributed by atoms with van der Waals surface area (Å²) in [6, 6.07) is 6.11. The highest BCUT2D eigenvalue weighted by Gasteiger charge is 2.55. The van der Waals surface area contributed by atoms with Crippen LogP contribution in [0.4, 0.5) is 0 Å². The Morgan fingerprint density at radius 2 is 2.29 bits per heavy atom. The van der Waals surface area contributed by atoms with Crippen molar-refractivity contribution in [1.29, 1.82) is 0 Å². The predicted octanol–water partition coefficient (Wildman–Crippen LogP) is 2.09. The van der Waals surface area contributed by atoms with Crippen LogP contribution >= 0.6 is 11.6 Å². The zero-order valence-electron chi connectivity index (χ0n) is 7.79. The van der Waals surface area contributed by atoms with Crippen molar-refractivity contribution in [2.75, 3.05) is 6.61 Å². The summed E-state index contributed by atoms with van der Waals surface area (Å²) in [6.45, 7) is 0.780. The number of benzene rings is 1. The molecule has 2 nitrogen and oxygen atoms in total. The van der Waals surface area contributed by atoms with Gasteiger partial charge in [-0.25, -0.2) is 0 Å². The molecule has 0 unspecified atom stereocenters. The van der Waals surface area contributed by atoms with Gasteiger partial charge in [0.25, 0.3) is 0 Å². The Morgan fingerprint density at radius 1 is 1.50 bits per heavy atom. The number of rotatable bonds is 0. The summed E-state index contributed by atoms with van der Waals surface area (Å²) in [6.07, 6.45) is 2.10. The fraction of sp³-hybridized carbons (Fsp3) is 0.455. The lowest BCUT2D eigenvalue weighted by Gasteiger charge is -2.26. The maximum absolute atomic E-state index is 6.00. The molecule has 3 heteroatoms. The first-order valence-corrected chi connectivity index (χ1v) is 5.29. The van der Waals surface area contributed by atoms with E-state index >= 15 is 0 Å². The van der Waals surface area contributed by atoms with Crippen molar-refractivity contribution in [3.63, 3.8) is 0 Å². The number of hydrogen-bond donors (Lipinski definition) is 1. The molecule has 1 spiro atoms. The summed E-state index contributed by atoms with van der Waals surface area (Å²) in [5.41, 5.74) is 7.39. The second-order valence-electron chi connectivity index (χ2n) is 4.21. The van der Waals surface area contributed by atoms with Crippen molar-refractivity contribution in [3.8, 4) is 5.75 Å². The second kappa shape index (κ2) is 2.65. The Morgan fingerprint density at radius 3 is 3.00 bits per heavy atom. The van der Waals surface area contributed by atoms with E-state index < -0.39 is 0 Å². The lowest BCUT2D eigenvalue weighted by atomic mass is 9.89. The summed E-state index contributed by atoms with van der Waals surface area (Å²) in [5, 5.41) is 0.771. The van der Waals surface area contributed by atoms with Crippen molar-refractivity contribution in [1.82, 2.24) is 0 Å². The third-order valence-electron chi connectivity index (χ3n) is 3.42. The molecule has 1 heterocycles. The largest absolute Gasteiger partial charge is 0.493 e. The van der Waals surface area contributed by atoms with Crippen LogP contribution in [-0.2, 0) is 5.41 Å². The Hall–Kier alpha value is -0.730. The average molecular weight is 210 g/mol. The summed E-state index contributed by atoms with van der Waals surface area (Å²) < 4.78 is 5.59. The van der Waals surface area contributed by atoms with E-state index in [1.54, 1.807) is 0 Å². The highest BCUT2D eigenvalue weighted by Crippen LogP contribution is 2.55. The van der Waals surface area contributed by atoms with Gasteiger partial charge in [0.15, 0.2) is 0 Å². The third kappa shape index (κ3) is 1.01. The maximum Gasteiger partial charge on any atom is 0.123 e. The van der Waals surface area contributed by atoms with E-state index in [0.717, 1.165) is 30.2 Å². The Balaban J connectivity index is 2.14. The third-order valence-corrected chi connectivity index (χ3v) is 3.65. The van der Waals surface area contributed by atoms with Gasteiger partial charge in [-0.05, 0) is 31.0 Å². The number of fused-ring (bicyclic) bond motifs is 2. The molecular weight excluding hydrogens is 198 g/mol. The minimum Gasteiger partial charge on any atom is -0.493 e. The van der Waals surface area contributed by atoms with Crippen LogP contribution in [0.25, 0.3) is 0 Å². The van der Waals surface area contributed by atoms with E-state index in [4.69, 9.17) is 22.1 Å². The summed E-state index contributed by atoms with van der Waals surface area (Å²) >= 11 is 5.98. The van der Waals surface area contributed by atoms with Gasteiger partial charge in [0.2, 0.25) is 0 Å². The van der Waals surface area contributed by atoms with Gasteiger partial charge in [-0.1, -0.05) is 11.6 Å². The van der Waals surface area contributed by atoms with E-state index in [1.165, 1.54) is 5.56 Å². The molecule has 74 valence electrons. The zero-order chi connectivity index (χ0) is 9.76. The monoisotopic (exact) mass is 209 g/mol. The van der Waals surface area contributed by atoms with Crippen LogP contribution in [0.3, 0.4) is 0 Å². The Kier molecular flexibility index (Phi) is 1.62. The van der Waals surface area contributed by atoms with Crippen LogP contribution in [0, 0.1) is 0 Å². The summed E-state index contributed by atoms with van der Waals surface area (Å²) in [5.74, 6) is 0.966. The number of nitrogens with two attached hydrogens (primary N) is 1. The Labute approximate surface area is 88.0 Å². The van der Waals surface area contributed by atoms with E-state index in [1.807, 2.05) is 18.2 Å². The van der Waals surface area contributed by atoms with Crippen LogP contribution in [0.5, 0.6) is 5.75 Å².